The smallest absolute Gasteiger partial charge is 0.213 e. The monoisotopic (exact) mass is 621 g/mol. The maximum atomic E-state index is 6.68. The van der Waals surface area contributed by atoms with Gasteiger partial charge in [0.15, 0.2) is 0 Å². The third-order valence-corrected chi connectivity index (χ3v) is 11.2. The molecule has 1 atom stereocenters. The topological polar surface area (TPSA) is 27.9 Å². The van der Waals surface area contributed by atoms with Crippen LogP contribution in [0, 0.1) is 0 Å². The second kappa shape index (κ2) is 10.0. The Kier molecular flexibility index (Phi) is 5.54. The zero-order valence-corrected chi connectivity index (χ0v) is 26.8. The number of aromatic nitrogens is 3. The quantitative estimate of drug-likeness (QED) is 0.193. The van der Waals surface area contributed by atoms with Crippen LogP contribution < -0.4 is 0 Å². The Balaban J connectivity index is 1.18. The molecule has 4 heteroatoms. The Labute approximate surface area is 278 Å². The highest BCUT2D eigenvalue weighted by Gasteiger charge is 2.28. The number of nitrogens with zero attached hydrogens (tertiary/aromatic N) is 3. The molecule has 4 aromatic heterocycles. The number of furan rings is 1. The lowest BCUT2D eigenvalue weighted by molar-refractivity contribution is 0.575. The molecule has 3 aromatic carbocycles. The molecule has 4 aliphatic carbocycles. The van der Waals surface area contributed by atoms with Crippen LogP contribution in [0.25, 0.3) is 73.4 Å². The fraction of sp³-hybridized carbons (Fsp3) is 0.182. The van der Waals surface area contributed by atoms with Crippen molar-refractivity contribution in [1.82, 2.24) is 13.7 Å². The molecule has 48 heavy (non-hydrogen) atoms. The number of rotatable bonds is 3. The zero-order valence-electron chi connectivity index (χ0n) is 26.8. The van der Waals surface area contributed by atoms with Gasteiger partial charge in [-0.2, -0.15) is 0 Å². The van der Waals surface area contributed by atoms with Crippen molar-refractivity contribution in [3.8, 4) is 11.4 Å². The van der Waals surface area contributed by atoms with Gasteiger partial charge in [-0.05, 0) is 111 Å². The minimum atomic E-state index is 0.312. The molecule has 1 unspecified atom stereocenters. The molecule has 0 amide bonds. The number of aryl methyl sites for hydroxylation is 3. The standard InChI is InChI=1S/C44H35N3O/c1-2-13-28(14-3-1)45-37-21-8-4-17-31(37)35-26-36-32-18-5-9-22-38(32)46(41(36)27-40(35)45)29-15-12-16-30(25-29)47-39-23-10-6-19-33(39)43-34-20-7-11-24-42(34)48-44(43)47/h1-3,5,8-13,15-16,18,21-28H,4,6-7,14,17,19-20H2. The first-order chi connectivity index (χ1) is 23.8. The second-order valence-electron chi connectivity index (χ2n) is 13.8. The van der Waals surface area contributed by atoms with Gasteiger partial charge >= 0.3 is 0 Å². The van der Waals surface area contributed by atoms with Crippen LogP contribution in [0.5, 0.6) is 0 Å². The lowest BCUT2D eigenvalue weighted by Gasteiger charge is -2.20. The van der Waals surface area contributed by atoms with E-state index in [-0.39, 0.29) is 0 Å². The Bertz CT molecular complexity index is 2650. The molecule has 4 heterocycles. The van der Waals surface area contributed by atoms with Crippen LogP contribution in [0.15, 0.2) is 108 Å². The minimum absolute atomic E-state index is 0.312. The van der Waals surface area contributed by atoms with Crippen LogP contribution in [0.4, 0.5) is 0 Å². The summed E-state index contributed by atoms with van der Waals surface area (Å²) >= 11 is 0. The summed E-state index contributed by atoms with van der Waals surface area (Å²) in [6, 6.07) is 23.3. The molecule has 4 nitrogen and oxygen atoms in total. The number of benzene rings is 3. The molecule has 4 aliphatic rings. The maximum Gasteiger partial charge on any atom is 0.213 e. The Morgan fingerprint density at radius 1 is 0.583 bits per heavy atom. The number of fused-ring (bicyclic) bond motifs is 11. The van der Waals surface area contributed by atoms with E-state index in [9.17, 15) is 0 Å². The number of para-hydroxylation sites is 1. The van der Waals surface area contributed by atoms with Gasteiger partial charge in [-0.3, -0.25) is 4.57 Å². The lowest BCUT2D eigenvalue weighted by Crippen LogP contribution is -2.10. The van der Waals surface area contributed by atoms with Crippen molar-refractivity contribution >= 4 is 62.0 Å². The maximum absolute atomic E-state index is 6.68. The highest BCUT2D eigenvalue weighted by Crippen LogP contribution is 2.43. The molecule has 0 saturated heterocycles. The highest BCUT2D eigenvalue weighted by molar-refractivity contribution is 6.14. The van der Waals surface area contributed by atoms with Crippen molar-refractivity contribution in [3.63, 3.8) is 0 Å². The van der Waals surface area contributed by atoms with Crippen LogP contribution in [0.2, 0.25) is 0 Å². The summed E-state index contributed by atoms with van der Waals surface area (Å²) < 4.78 is 14.1. The zero-order chi connectivity index (χ0) is 31.3. The molecule has 0 aliphatic heterocycles. The van der Waals surface area contributed by atoms with Gasteiger partial charge in [0.2, 0.25) is 5.71 Å². The Morgan fingerprint density at radius 3 is 2.25 bits per heavy atom. The van der Waals surface area contributed by atoms with E-state index >= 15 is 0 Å². The summed E-state index contributed by atoms with van der Waals surface area (Å²) in [5.74, 6) is 1.03. The first kappa shape index (κ1) is 26.6. The predicted octanol–water partition coefficient (Wildman–Crippen LogP) is 11.2. The first-order valence-corrected chi connectivity index (χ1v) is 17.6. The Morgan fingerprint density at radius 2 is 1.38 bits per heavy atom. The molecule has 11 rings (SSSR count). The van der Waals surface area contributed by atoms with Gasteiger partial charge in [0.1, 0.15) is 5.76 Å². The number of hydrogen-bond donors (Lipinski definition) is 0. The molecule has 0 N–H and O–H groups in total. The van der Waals surface area contributed by atoms with E-state index < -0.39 is 0 Å². The predicted molar refractivity (Wildman–Crippen MR) is 199 cm³/mol. The fourth-order valence-corrected chi connectivity index (χ4v) is 9.11. The average molecular weight is 622 g/mol. The highest BCUT2D eigenvalue weighted by atomic mass is 16.3. The summed E-state index contributed by atoms with van der Waals surface area (Å²) in [7, 11) is 0. The SMILES string of the molecule is C1=CCC(n2c3c(c4cc5c6ccccc6n(-c6cccc(-n7c8c(c9c%10c(oc97)C=CCC%10)CCC=C8)c6)c5cc42)CCC=C3)C=C1. The molecule has 232 valence electrons. The van der Waals surface area contributed by atoms with E-state index in [0.717, 1.165) is 67.8 Å². The summed E-state index contributed by atoms with van der Waals surface area (Å²) in [5, 5.41) is 5.34. The Hall–Kier alpha value is -5.48. The summed E-state index contributed by atoms with van der Waals surface area (Å²) in [6.07, 6.45) is 30.2. The summed E-state index contributed by atoms with van der Waals surface area (Å²) in [5.41, 5.74) is 14.0. The van der Waals surface area contributed by atoms with E-state index in [1.807, 2.05) is 0 Å². The van der Waals surface area contributed by atoms with Crippen molar-refractivity contribution in [3.05, 3.63) is 137 Å². The van der Waals surface area contributed by atoms with Crippen molar-refractivity contribution in [2.24, 2.45) is 0 Å². The third-order valence-electron chi connectivity index (χ3n) is 11.2. The molecular formula is C44H35N3O. The van der Waals surface area contributed by atoms with Gasteiger partial charge in [-0.25, -0.2) is 0 Å². The van der Waals surface area contributed by atoms with Crippen LogP contribution in [-0.4, -0.2) is 13.7 Å². The second-order valence-corrected chi connectivity index (χ2v) is 13.8. The van der Waals surface area contributed by atoms with Gasteiger partial charge in [0, 0.05) is 38.5 Å². The number of allylic oxidation sites excluding steroid dienone is 7. The van der Waals surface area contributed by atoms with Gasteiger partial charge in [-0.1, -0.05) is 66.8 Å². The third kappa shape index (κ3) is 3.60. The van der Waals surface area contributed by atoms with Crippen molar-refractivity contribution < 1.29 is 4.42 Å². The van der Waals surface area contributed by atoms with Crippen LogP contribution in [0.3, 0.4) is 0 Å². The van der Waals surface area contributed by atoms with Gasteiger partial charge in [0.05, 0.1) is 34.0 Å². The van der Waals surface area contributed by atoms with Crippen molar-refractivity contribution in [1.29, 1.82) is 0 Å². The molecule has 0 radical (unpaired) electrons. The summed E-state index contributed by atoms with van der Waals surface area (Å²) in [6.45, 7) is 0. The van der Waals surface area contributed by atoms with Gasteiger partial charge < -0.3 is 13.6 Å². The van der Waals surface area contributed by atoms with E-state index in [1.54, 1.807) is 0 Å². The van der Waals surface area contributed by atoms with E-state index in [0.29, 0.717) is 6.04 Å². The molecule has 0 bridgehead atoms. The average Bonchev–Trinajstić information content (AvgIpc) is 3.86. The van der Waals surface area contributed by atoms with Crippen LogP contribution in [0.1, 0.15) is 65.6 Å². The van der Waals surface area contributed by atoms with Gasteiger partial charge in [0.25, 0.3) is 0 Å². The minimum Gasteiger partial charge on any atom is -0.439 e. The largest absolute Gasteiger partial charge is 0.439 e. The van der Waals surface area contributed by atoms with Crippen LogP contribution >= 0.6 is 0 Å². The molecule has 0 fully saturated rings. The first-order valence-electron chi connectivity index (χ1n) is 17.6. The lowest BCUT2D eigenvalue weighted by atomic mass is 9.95. The molecule has 0 spiro atoms. The van der Waals surface area contributed by atoms with Crippen LogP contribution in [-0.2, 0) is 19.3 Å². The summed E-state index contributed by atoms with van der Waals surface area (Å²) in [4.78, 5) is 0. The van der Waals surface area contributed by atoms with Crippen molar-refractivity contribution in [2.75, 3.05) is 0 Å². The van der Waals surface area contributed by atoms with Gasteiger partial charge in [-0.15, -0.1) is 0 Å². The van der Waals surface area contributed by atoms with E-state index in [4.69, 9.17) is 4.42 Å². The fourth-order valence-electron chi connectivity index (χ4n) is 9.11. The van der Waals surface area contributed by atoms with E-state index in [2.05, 4.69) is 135 Å². The van der Waals surface area contributed by atoms with Crippen molar-refractivity contribution in [2.45, 2.75) is 51.0 Å². The normalized spacial score (nSPS) is 18.0. The van der Waals surface area contributed by atoms with E-state index in [1.165, 1.54) is 66.2 Å². The number of hydrogen-bond acceptors (Lipinski definition) is 1. The molecule has 0 saturated carbocycles. The molecule has 7 aromatic rings. The molecular weight excluding hydrogens is 587 g/mol.